The highest BCUT2D eigenvalue weighted by molar-refractivity contribution is 8.01. The van der Waals surface area contributed by atoms with Gasteiger partial charge in [0, 0.05) is 12.1 Å². The number of nitrogens with zero attached hydrogens (tertiary/aromatic N) is 2. The molecule has 0 bridgehead atoms. The highest BCUT2D eigenvalue weighted by atomic mass is 35.5. The van der Waals surface area contributed by atoms with Gasteiger partial charge in [0.05, 0.1) is 36.6 Å². The number of non-ortho nitro benzene ring substituents is 1. The van der Waals surface area contributed by atoms with Crippen LogP contribution in [0, 0.1) is 10.1 Å². The zero-order chi connectivity index (χ0) is 18.0. The van der Waals surface area contributed by atoms with Crippen LogP contribution in [-0.2, 0) is 4.79 Å². The van der Waals surface area contributed by atoms with Crippen LogP contribution in [0.5, 0.6) is 0 Å². The molecule has 0 fully saturated rings. The summed E-state index contributed by atoms with van der Waals surface area (Å²) in [7, 11) is 0. The summed E-state index contributed by atoms with van der Waals surface area (Å²) >= 11 is 14.6. The molecule has 0 saturated heterocycles. The quantitative estimate of drug-likeness (QED) is 0.351. The van der Waals surface area contributed by atoms with Crippen LogP contribution in [0.3, 0.4) is 0 Å². The lowest BCUT2D eigenvalue weighted by atomic mass is 10.3. The van der Waals surface area contributed by atoms with E-state index in [2.05, 4.69) is 10.3 Å². The number of amides is 1. The number of rotatable bonds is 5. The first-order valence-electron chi connectivity index (χ1n) is 6.85. The molecule has 1 N–H and O–H groups in total. The third-order valence-corrected chi connectivity index (χ3v) is 5.91. The summed E-state index contributed by atoms with van der Waals surface area (Å²) in [5.74, 6) is -0.158. The Kier molecular flexibility index (Phi) is 5.43. The van der Waals surface area contributed by atoms with E-state index in [0.29, 0.717) is 30.3 Å². The van der Waals surface area contributed by atoms with E-state index >= 15 is 0 Å². The van der Waals surface area contributed by atoms with Crippen LogP contribution in [0.15, 0.2) is 40.7 Å². The van der Waals surface area contributed by atoms with Crippen LogP contribution in [0.25, 0.3) is 10.2 Å². The van der Waals surface area contributed by atoms with Gasteiger partial charge in [-0.05, 0) is 18.2 Å². The summed E-state index contributed by atoms with van der Waals surface area (Å²) < 4.78 is 1.35. The fourth-order valence-corrected chi connectivity index (χ4v) is 4.38. The van der Waals surface area contributed by atoms with Gasteiger partial charge in [-0.25, -0.2) is 4.98 Å². The molecule has 128 valence electrons. The van der Waals surface area contributed by atoms with Crippen molar-refractivity contribution in [2.24, 2.45) is 0 Å². The minimum Gasteiger partial charge on any atom is -0.323 e. The van der Waals surface area contributed by atoms with Crippen LogP contribution < -0.4 is 5.32 Å². The number of hydrogen-bond acceptors (Lipinski definition) is 6. The lowest BCUT2D eigenvalue weighted by Gasteiger charge is -2.08. The average Bonchev–Trinajstić information content (AvgIpc) is 2.98. The van der Waals surface area contributed by atoms with Crippen molar-refractivity contribution in [3.8, 4) is 0 Å². The summed E-state index contributed by atoms with van der Waals surface area (Å²) in [4.78, 5) is 26.8. The Hall–Kier alpha value is -1.87. The molecule has 0 aliphatic carbocycles. The normalized spacial score (nSPS) is 10.8. The first kappa shape index (κ1) is 17.9. The maximum absolute atomic E-state index is 12.1. The zero-order valence-electron chi connectivity index (χ0n) is 12.4. The number of para-hydroxylation sites is 1. The number of halogens is 2. The second-order valence-electron chi connectivity index (χ2n) is 4.82. The average molecular weight is 414 g/mol. The SMILES string of the molecule is O=C(CSc1nc2ccc([N+](=O)[O-])cc2s1)Nc1c(Cl)cccc1Cl. The largest absolute Gasteiger partial charge is 0.323 e. The topological polar surface area (TPSA) is 85.1 Å². The second-order valence-corrected chi connectivity index (χ2v) is 7.89. The number of thiazole rings is 1. The molecule has 2 aromatic carbocycles. The molecule has 10 heteroatoms. The van der Waals surface area contributed by atoms with Crippen molar-refractivity contribution in [1.29, 1.82) is 0 Å². The number of nitrogens with one attached hydrogen (secondary N) is 1. The molecule has 0 unspecified atom stereocenters. The van der Waals surface area contributed by atoms with Gasteiger partial charge in [-0.2, -0.15) is 0 Å². The molecule has 1 amide bonds. The van der Waals surface area contributed by atoms with E-state index in [9.17, 15) is 14.9 Å². The standard InChI is InChI=1S/C15H9Cl2N3O3S2/c16-9-2-1-3-10(17)14(9)19-13(21)7-24-15-18-11-5-4-8(20(22)23)6-12(11)25-15/h1-6H,7H2,(H,19,21). The first-order chi connectivity index (χ1) is 11.9. The molecule has 3 aromatic rings. The molecule has 0 spiro atoms. The Labute approximate surface area is 160 Å². The first-order valence-corrected chi connectivity index (χ1v) is 9.41. The van der Waals surface area contributed by atoms with E-state index in [1.807, 2.05) is 0 Å². The van der Waals surface area contributed by atoms with Crippen molar-refractivity contribution in [2.75, 3.05) is 11.1 Å². The predicted octanol–water partition coefficient (Wildman–Crippen LogP) is 5.24. The molecule has 0 aliphatic heterocycles. The molecule has 1 aromatic heterocycles. The van der Waals surface area contributed by atoms with Crippen LogP contribution in [0.2, 0.25) is 10.0 Å². The highest BCUT2D eigenvalue weighted by Gasteiger charge is 2.13. The van der Waals surface area contributed by atoms with E-state index in [-0.39, 0.29) is 17.3 Å². The number of thioether (sulfide) groups is 1. The van der Waals surface area contributed by atoms with Crippen LogP contribution in [-0.4, -0.2) is 21.6 Å². The van der Waals surface area contributed by atoms with Crippen molar-refractivity contribution in [2.45, 2.75) is 4.34 Å². The van der Waals surface area contributed by atoms with Gasteiger partial charge < -0.3 is 5.32 Å². The monoisotopic (exact) mass is 413 g/mol. The van der Waals surface area contributed by atoms with Gasteiger partial charge >= 0.3 is 0 Å². The molecule has 0 radical (unpaired) electrons. The minimum absolute atomic E-state index is 0.0128. The van der Waals surface area contributed by atoms with E-state index in [1.54, 1.807) is 24.3 Å². The molecular formula is C15H9Cl2N3O3S2. The molecule has 0 atom stereocenters. The van der Waals surface area contributed by atoms with Gasteiger partial charge in [0.15, 0.2) is 4.34 Å². The molecule has 6 nitrogen and oxygen atoms in total. The number of fused-ring (bicyclic) bond motifs is 1. The number of carbonyl (C=O) groups is 1. The summed E-state index contributed by atoms with van der Waals surface area (Å²) in [5.41, 5.74) is 1.04. The molecule has 0 aliphatic rings. The smallest absolute Gasteiger partial charge is 0.270 e. The van der Waals surface area contributed by atoms with E-state index in [1.165, 1.54) is 35.2 Å². The van der Waals surface area contributed by atoms with Crippen LogP contribution in [0.4, 0.5) is 11.4 Å². The highest BCUT2D eigenvalue weighted by Crippen LogP contribution is 2.33. The lowest BCUT2D eigenvalue weighted by molar-refractivity contribution is -0.384. The van der Waals surface area contributed by atoms with Crippen molar-refractivity contribution in [3.05, 3.63) is 56.6 Å². The summed E-state index contributed by atoms with van der Waals surface area (Å²) in [6.07, 6.45) is 0. The number of nitro benzene ring substituents is 1. The van der Waals surface area contributed by atoms with Crippen LogP contribution in [0.1, 0.15) is 0 Å². The molecule has 1 heterocycles. The lowest BCUT2D eigenvalue weighted by Crippen LogP contribution is -2.14. The van der Waals surface area contributed by atoms with E-state index in [0.717, 1.165) is 0 Å². The summed E-state index contributed by atoms with van der Waals surface area (Å²) in [6.45, 7) is 0. The fourth-order valence-electron chi connectivity index (χ4n) is 1.99. The van der Waals surface area contributed by atoms with Gasteiger partial charge in [0.2, 0.25) is 5.91 Å². The Morgan fingerprint density at radius 2 is 2.00 bits per heavy atom. The number of nitro groups is 1. The molecule has 3 rings (SSSR count). The van der Waals surface area contributed by atoms with Gasteiger partial charge in [-0.1, -0.05) is 41.0 Å². The third kappa shape index (κ3) is 4.21. The van der Waals surface area contributed by atoms with E-state index < -0.39 is 4.92 Å². The summed E-state index contributed by atoms with van der Waals surface area (Å²) in [5, 5.41) is 14.2. The van der Waals surface area contributed by atoms with Crippen molar-refractivity contribution in [1.82, 2.24) is 4.98 Å². The fraction of sp³-hybridized carbons (Fsp3) is 0.0667. The summed E-state index contributed by atoms with van der Waals surface area (Å²) in [6, 6.07) is 9.43. The second kappa shape index (κ2) is 7.57. The Morgan fingerprint density at radius 1 is 1.28 bits per heavy atom. The van der Waals surface area contributed by atoms with E-state index in [4.69, 9.17) is 23.2 Å². The number of benzene rings is 2. The molecule has 25 heavy (non-hydrogen) atoms. The van der Waals surface area contributed by atoms with Gasteiger partial charge in [0.25, 0.3) is 5.69 Å². The predicted molar refractivity (Wildman–Crippen MR) is 102 cm³/mol. The minimum atomic E-state index is -0.452. The Bertz CT molecular complexity index is 958. The van der Waals surface area contributed by atoms with Gasteiger partial charge in [0.1, 0.15) is 0 Å². The molecular weight excluding hydrogens is 405 g/mol. The Balaban J connectivity index is 1.68. The van der Waals surface area contributed by atoms with Crippen molar-refractivity contribution < 1.29 is 9.72 Å². The Morgan fingerprint density at radius 3 is 2.68 bits per heavy atom. The van der Waals surface area contributed by atoms with Gasteiger partial charge in [-0.3, -0.25) is 14.9 Å². The zero-order valence-corrected chi connectivity index (χ0v) is 15.5. The van der Waals surface area contributed by atoms with Gasteiger partial charge in [-0.15, -0.1) is 11.3 Å². The number of anilines is 1. The maximum Gasteiger partial charge on any atom is 0.270 e. The van der Waals surface area contributed by atoms with Crippen molar-refractivity contribution >= 4 is 73.8 Å². The number of carbonyl (C=O) groups excluding carboxylic acids is 1. The number of hydrogen-bond donors (Lipinski definition) is 1. The third-order valence-electron chi connectivity index (χ3n) is 3.12. The number of aromatic nitrogens is 1. The molecule has 0 saturated carbocycles. The van der Waals surface area contributed by atoms with Crippen molar-refractivity contribution in [3.63, 3.8) is 0 Å². The van der Waals surface area contributed by atoms with Crippen LogP contribution >= 0.6 is 46.3 Å². The maximum atomic E-state index is 12.1.